The first-order valence-electron chi connectivity index (χ1n) is 8.55. The average molecular weight is 366 g/mol. The largest absolute Gasteiger partial charge is 0.455 e. The molecule has 0 saturated heterocycles. The Labute approximate surface area is 154 Å². The van der Waals surface area contributed by atoms with Gasteiger partial charge in [0, 0.05) is 11.6 Å². The van der Waals surface area contributed by atoms with Gasteiger partial charge in [0.2, 0.25) is 0 Å². The maximum absolute atomic E-state index is 12.0. The molecule has 1 aliphatic rings. The van der Waals surface area contributed by atoms with Gasteiger partial charge in [0.15, 0.2) is 11.4 Å². The minimum absolute atomic E-state index is 0.0131. The number of fused-ring (bicyclic) bond motifs is 1. The summed E-state index contributed by atoms with van der Waals surface area (Å²) < 4.78 is 6.94. The molecule has 1 aromatic heterocycles. The molecule has 2 aromatic carbocycles. The van der Waals surface area contributed by atoms with Gasteiger partial charge < -0.3 is 9.30 Å². The summed E-state index contributed by atoms with van der Waals surface area (Å²) in [6.07, 6.45) is 3.63. The number of benzene rings is 2. The van der Waals surface area contributed by atoms with Crippen molar-refractivity contribution in [3.63, 3.8) is 0 Å². The molecule has 0 radical (unpaired) electrons. The van der Waals surface area contributed by atoms with E-state index in [9.17, 15) is 9.59 Å². The van der Waals surface area contributed by atoms with Gasteiger partial charge in [-0.1, -0.05) is 42.5 Å². The fraction of sp³-hybridized carbons (Fsp3) is 0.250. The number of thiazole rings is 1. The summed E-state index contributed by atoms with van der Waals surface area (Å²) in [4.78, 5) is 28.3. The van der Waals surface area contributed by atoms with Crippen LogP contribution in [0.3, 0.4) is 0 Å². The Hall–Kier alpha value is -2.73. The van der Waals surface area contributed by atoms with Crippen molar-refractivity contribution >= 4 is 34.0 Å². The number of rotatable bonds is 5. The summed E-state index contributed by atoms with van der Waals surface area (Å²) in [5, 5.41) is 4.26. The van der Waals surface area contributed by atoms with Crippen LogP contribution >= 0.6 is 11.3 Å². The smallest absolute Gasteiger partial charge is 0.309 e. The number of amides is 1. The molecule has 26 heavy (non-hydrogen) atoms. The van der Waals surface area contributed by atoms with Crippen molar-refractivity contribution in [2.45, 2.75) is 19.4 Å². The molecule has 1 fully saturated rings. The lowest BCUT2D eigenvalue weighted by molar-refractivity contribution is -0.149. The van der Waals surface area contributed by atoms with Crippen LogP contribution in [0, 0.1) is 5.92 Å². The highest BCUT2D eigenvalue weighted by molar-refractivity contribution is 7.07. The molecule has 132 valence electrons. The van der Waals surface area contributed by atoms with Crippen molar-refractivity contribution in [2.75, 3.05) is 6.61 Å². The second-order valence-electron chi connectivity index (χ2n) is 6.34. The van der Waals surface area contributed by atoms with E-state index in [0.717, 1.165) is 18.4 Å². The van der Waals surface area contributed by atoms with Crippen LogP contribution in [0.4, 0.5) is 0 Å². The predicted octanol–water partition coefficient (Wildman–Crippen LogP) is 3.13. The Morgan fingerprint density at radius 2 is 1.96 bits per heavy atom. The molecule has 0 atom stereocenters. The number of esters is 1. The summed E-state index contributed by atoms with van der Waals surface area (Å²) in [7, 11) is 0. The Bertz CT molecular complexity index is 1030. The second kappa shape index (κ2) is 7.25. The molecule has 6 heteroatoms. The van der Waals surface area contributed by atoms with Gasteiger partial charge >= 0.3 is 5.97 Å². The maximum Gasteiger partial charge on any atom is 0.309 e. The van der Waals surface area contributed by atoms with E-state index in [0.29, 0.717) is 11.3 Å². The molecule has 0 aliphatic heterocycles. The molecular weight excluding hydrogens is 348 g/mol. The van der Waals surface area contributed by atoms with Crippen LogP contribution in [0.5, 0.6) is 0 Å². The van der Waals surface area contributed by atoms with Gasteiger partial charge in [0.05, 0.1) is 12.5 Å². The molecule has 0 unspecified atom stereocenters. The van der Waals surface area contributed by atoms with E-state index in [-0.39, 0.29) is 18.5 Å². The lowest BCUT2D eigenvalue weighted by Crippen LogP contribution is -2.20. The first kappa shape index (κ1) is 16.7. The molecule has 0 bridgehead atoms. The summed E-state index contributed by atoms with van der Waals surface area (Å²) in [6.45, 7) is 0.334. The van der Waals surface area contributed by atoms with Gasteiger partial charge in [-0.2, -0.15) is 4.99 Å². The molecule has 3 aromatic rings. The molecule has 0 spiro atoms. The van der Waals surface area contributed by atoms with Crippen molar-refractivity contribution in [1.29, 1.82) is 0 Å². The lowest BCUT2D eigenvalue weighted by atomic mass is 10.0. The maximum atomic E-state index is 12.0. The number of nitrogens with zero attached hydrogens (tertiary/aromatic N) is 2. The normalized spacial score (nSPS) is 14.5. The van der Waals surface area contributed by atoms with E-state index in [2.05, 4.69) is 29.3 Å². The van der Waals surface area contributed by atoms with Gasteiger partial charge in [0.25, 0.3) is 5.91 Å². The Balaban J connectivity index is 1.52. The third kappa shape index (κ3) is 3.75. The van der Waals surface area contributed by atoms with Crippen molar-refractivity contribution in [2.24, 2.45) is 10.9 Å². The van der Waals surface area contributed by atoms with Gasteiger partial charge in [-0.15, -0.1) is 11.3 Å². The molecule has 1 aliphatic carbocycles. The third-order valence-corrected chi connectivity index (χ3v) is 5.14. The highest BCUT2D eigenvalue weighted by Gasteiger charge is 2.31. The van der Waals surface area contributed by atoms with Crippen LogP contribution in [0.15, 0.2) is 59.0 Å². The monoisotopic (exact) mass is 366 g/mol. The number of carbonyl (C=O) groups excluding carboxylic acids is 2. The first-order valence-corrected chi connectivity index (χ1v) is 9.43. The van der Waals surface area contributed by atoms with Gasteiger partial charge in [-0.25, -0.2) is 0 Å². The molecule has 0 N–H and O–H groups in total. The van der Waals surface area contributed by atoms with Crippen molar-refractivity contribution in [3.8, 4) is 0 Å². The van der Waals surface area contributed by atoms with Crippen LogP contribution in [-0.4, -0.2) is 23.1 Å². The standard InChI is InChI=1S/C20H18N2O3S/c23-18(13-25-19(24)15-8-9-15)21-20-22(10-11-26-20)12-16-6-3-5-14-4-1-2-7-17(14)16/h1-7,10-11,15H,8-9,12-13H2. The van der Waals surface area contributed by atoms with Crippen molar-refractivity contribution in [3.05, 3.63) is 64.4 Å². The average Bonchev–Trinajstić information content (AvgIpc) is 3.43. The number of aromatic nitrogens is 1. The molecule has 1 saturated carbocycles. The van der Waals surface area contributed by atoms with Gasteiger partial charge in [-0.05, 0) is 29.2 Å². The zero-order valence-electron chi connectivity index (χ0n) is 14.1. The molecule has 4 rings (SSSR count). The fourth-order valence-electron chi connectivity index (χ4n) is 2.83. The summed E-state index contributed by atoms with van der Waals surface area (Å²) in [5.74, 6) is -0.739. The second-order valence-corrected chi connectivity index (χ2v) is 7.21. The quantitative estimate of drug-likeness (QED) is 0.652. The van der Waals surface area contributed by atoms with Crippen LogP contribution in [0.2, 0.25) is 0 Å². The summed E-state index contributed by atoms with van der Waals surface area (Å²) >= 11 is 1.39. The van der Waals surface area contributed by atoms with E-state index in [1.807, 2.05) is 34.3 Å². The number of carbonyl (C=O) groups is 2. The highest BCUT2D eigenvalue weighted by Crippen LogP contribution is 2.29. The minimum Gasteiger partial charge on any atom is -0.455 e. The minimum atomic E-state index is -0.437. The highest BCUT2D eigenvalue weighted by atomic mass is 32.1. The zero-order chi connectivity index (χ0) is 17.9. The van der Waals surface area contributed by atoms with E-state index in [4.69, 9.17) is 4.74 Å². The van der Waals surface area contributed by atoms with E-state index < -0.39 is 5.91 Å². The Morgan fingerprint density at radius 3 is 2.81 bits per heavy atom. The van der Waals surface area contributed by atoms with Crippen LogP contribution < -0.4 is 4.80 Å². The Kier molecular flexibility index (Phi) is 4.67. The van der Waals surface area contributed by atoms with Gasteiger partial charge in [-0.3, -0.25) is 9.59 Å². The topological polar surface area (TPSA) is 60.7 Å². The zero-order valence-corrected chi connectivity index (χ0v) is 14.9. The van der Waals surface area contributed by atoms with Crippen LogP contribution in [-0.2, 0) is 20.9 Å². The van der Waals surface area contributed by atoms with Crippen LogP contribution in [0.25, 0.3) is 10.8 Å². The van der Waals surface area contributed by atoms with E-state index in [1.165, 1.54) is 22.1 Å². The molecule has 1 heterocycles. The Morgan fingerprint density at radius 1 is 1.15 bits per heavy atom. The molecule has 1 amide bonds. The van der Waals surface area contributed by atoms with E-state index in [1.54, 1.807) is 0 Å². The number of hydrogen-bond donors (Lipinski definition) is 0. The van der Waals surface area contributed by atoms with Gasteiger partial charge in [0.1, 0.15) is 0 Å². The summed E-state index contributed by atoms with van der Waals surface area (Å²) in [6, 6.07) is 14.4. The third-order valence-electron chi connectivity index (χ3n) is 4.35. The molecular formula is C20H18N2O3S. The number of ether oxygens (including phenoxy) is 1. The fourth-order valence-corrected chi connectivity index (χ4v) is 3.57. The van der Waals surface area contributed by atoms with Crippen molar-refractivity contribution in [1.82, 2.24) is 4.57 Å². The number of hydrogen-bond acceptors (Lipinski definition) is 4. The van der Waals surface area contributed by atoms with Crippen molar-refractivity contribution < 1.29 is 14.3 Å². The molecule has 5 nitrogen and oxygen atoms in total. The lowest BCUT2D eigenvalue weighted by Gasteiger charge is -2.07. The SMILES string of the molecule is O=C(COC(=O)C1CC1)N=c1sccn1Cc1cccc2ccccc12. The van der Waals surface area contributed by atoms with Crippen LogP contribution in [0.1, 0.15) is 18.4 Å². The summed E-state index contributed by atoms with van der Waals surface area (Å²) in [5.41, 5.74) is 1.16. The predicted molar refractivity (Wildman–Crippen MR) is 99.6 cm³/mol. The first-order chi connectivity index (χ1) is 12.7. The van der Waals surface area contributed by atoms with E-state index >= 15 is 0 Å².